The molecule has 0 radical (unpaired) electrons. The molecule has 0 saturated heterocycles. The van der Waals surface area contributed by atoms with E-state index >= 15 is 0 Å². The second kappa shape index (κ2) is 5.08. The van der Waals surface area contributed by atoms with E-state index in [1.54, 1.807) is 6.07 Å². The average molecular weight is 260 g/mol. The van der Waals surface area contributed by atoms with Gasteiger partial charge >= 0.3 is 0 Å². The summed E-state index contributed by atoms with van der Waals surface area (Å²) in [5, 5.41) is 3.71. The third kappa shape index (κ3) is 4.38. The van der Waals surface area contributed by atoms with Crippen molar-refractivity contribution in [3.05, 3.63) is 11.8 Å². The minimum atomic E-state index is -3.30. The molecule has 0 saturated carbocycles. The molecule has 0 fully saturated rings. The van der Waals surface area contributed by atoms with Gasteiger partial charge in [0.15, 0.2) is 5.82 Å². The molecule has 1 N–H and O–H groups in total. The Morgan fingerprint density at radius 2 is 2.06 bits per heavy atom. The Hall–Kier alpha value is -1.04. The van der Waals surface area contributed by atoms with Crippen molar-refractivity contribution < 1.29 is 12.9 Å². The lowest BCUT2D eigenvalue weighted by molar-refractivity contribution is 0.331. The van der Waals surface area contributed by atoms with Gasteiger partial charge in [-0.05, 0) is 6.42 Å². The van der Waals surface area contributed by atoms with Crippen molar-refractivity contribution in [1.82, 2.24) is 5.16 Å². The van der Waals surface area contributed by atoms with Crippen molar-refractivity contribution in [3.8, 4) is 0 Å². The summed E-state index contributed by atoms with van der Waals surface area (Å²) in [7, 11) is -3.30. The first-order valence-electron chi connectivity index (χ1n) is 5.72. The average Bonchev–Trinajstić information content (AvgIpc) is 2.62. The first-order chi connectivity index (χ1) is 7.74. The van der Waals surface area contributed by atoms with Crippen molar-refractivity contribution in [1.29, 1.82) is 0 Å². The second-order valence-corrected chi connectivity index (χ2v) is 6.94. The summed E-state index contributed by atoms with van der Waals surface area (Å²) in [5.41, 5.74) is -0.180. The maximum atomic E-state index is 11.6. The zero-order chi connectivity index (χ0) is 13.1. The Kier molecular flexibility index (Phi) is 4.19. The lowest BCUT2D eigenvalue weighted by Gasteiger charge is -2.12. The van der Waals surface area contributed by atoms with Gasteiger partial charge in [0.1, 0.15) is 5.76 Å². The molecule has 1 heterocycles. The molecule has 1 aromatic rings. The van der Waals surface area contributed by atoms with Gasteiger partial charge in [-0.2, -0.15) is 0 Å². The van der Waals surface area contributed by atoms with E-state index < -0.39 is 10.0 Å². The zero-order valence-corrected chi connectivity index (χ0v) is 11.6. The van der Waals surface area contributed by atoms with E-state index in [0.29, 0.717) is 12.2 Å². The molecule has 1 rings (SSSR count). The first-order valence-corrected chi connectivity index (χ1v) is 7.37. The van der Waals surface area contributed by atoms with Gasteiger partial charge in [0.05, 0.1) is 5.75 Å². The van der Waals surface area contributed by atoms with Gasteiger partial charge in [-0.3, -0.25) is 4.72 Å². The highest BCUT2D eigenvalue weighted by Crippen LogP contribution is 2.24. The molecule has 0 atom stereocenters. The van der Waals surface area contributed by atoms with Gasteiger partial charge in [0, 0.05) is 11.5 Å². The van der Waals surface area contributed by atoms with E-state index in [-0.39, 0.29) is 17.0 Å². The van der Waals surface area contributed by atoms with Crippen LogP contribution in [0.4, 0.5) is 5.82 Å². The zero-order valence-electron chi connectivity index (χ0n) is 10.8. The fourth-order valence-electron chi connectivity index (χ4n) is 1.22. The molecular weight excluding hydrogens is 240 g/mol. The number of anilines is 1. The lowest BCUT2D eigenvalue weighted by atomic mass is 9.93. The standard InChI is InChI=1S/C11H20N2O3S/c1-5-6-7-17(14,15)13-10-8-9(16-12-10)11(2,3)4/h8H,5-7H2,1-4H3,(H,12,13). The molecule has 5 nitrogen and oxygen atoms in total. The van der Waals surface area contributed by atoms with Crippen LogP contribution in [0, 0.1) is 0 Å². The molecule has 0 spiro atoms. The molecule has 0 unspecified atom stereocenters. The maximum absolute atomic E-state index is 11.6. The van der Waals surface area contributed by atoms with Crippen molar-refractivity contribution in [3.63, 3.8) is 0 Å². The van der Waals surface area contributed by atoms with E-state index in [0.717, 1.165) is 6.42 Å². The van der Waals surface area contributed by atoms with Crippen LogP contribution in [0.5, 0.6) is 0 Å². The summed E-state index contributed by atoms with van der Waals surface area (Å²) in [4.78, 5) is 0. The summed E-state index contributed by atoms with van der Waals surface area (Å²) in [6.07, 6.45) is 1.48. The highest BCUT2D eigenvalue weighted by Gasteiger charge is 2.21. The number of aromatic nitrogens is 1. The molecule has 6 heteroatoms. The molecule has 17 heavy (non-hydrogen) atoms. The summed E-state index contributed by atoms with van der Waals surface area (Å²) in [5.74, 6) is 1.03. The summed E-state index contributed by atoms with van der Waals surface area (Å²) < 4.78 is 30.8. The van der Waals surface area contributed by atoms with Crippen molar-refractivity contribution in [2.75, 3.05) is 10.5 Å². The molecule has 0 bridgehead atoms. The molecule has 0 amide bonds. The Morgan fingerprint density at radius 3 is 2.53 bits per heavy atom. The fraction of sp³-hybridized carbons (Fsp3) is 0.727. The van der Waals surface area contributed by atoms with Crippen LogP contribution >= 0.6 is 0 Å². The summed E-state index contributed by atoms with van der Waals surface area (Å²) >= 11 is 0. The van der Waals surface area contributed by atoms with E-state index in [1.165, 1.54) is 0 Å². The normalized spacial score (nSPS) is 12.7. The van der Waals surface area contributed by atoms with E-state index in [9.17, 15) is 8.42 Å². The van der Waals surface area contributed by atoms with Crippen molar-refractivity contribution in [2.45, 2.75) is 46.0 Å². The van der Waals surface area contributed by atoms with Gasteiger partial charge in [0.25, 0.3) is 0 Å². The van der Waals surface area contributed by atoms with E-state index in [1.807, 2.05) is 27.7 Å². The predicted molar refractivity (Wildman–Crippen MR) is 67.5 cm³/mol. The topological polar surface area (TPSA) is 72.2 Å². The van der Waals surface area contributed by atoms with Gasteiger partial charge in [-0.15, -0.1) is 0 Å². The van der Waals surface area contributed by atoms with Crippen LogP contribution in [0.3, 0.4) is 0 Å². The van der Waals surface area contributed by atoms with Crippen molar-refractivity contribution in [2.24, 2.45) is 0 Å². The Balaban J connectivity index is 2.73. The number of nitrogens with one attached hydrogen (secondary N) is 1. The van der Waals surface area contributed by atoms with Crippen molar-refractivity contribution >= 4 is 15.8 Å². The molecule has 1 aromatic heterocycles. The number of nitrogens with zero attached hydrogens (tertiary/aromatic N) is 1. The van der Waals surface area contributed by atoms with Crippen LogP contribution in [-0.4, -0.2) is 19.3 Å². The van der Waals surface area contributed by atoms with Crippen LogP contribution in [0.15, 0.2) is 10.6 Å². The summed E-state index contributed by atoms with van der Waals surface area (Å²) in [6, 6.07) is 1.63. The van der Waals surface area contributed by atoms with Gasteiger partial charge < -0.3 is 4.52 Å². The number of hydrogen-bond donors (Lipinski definition) is 1. The smallest absolute Gasteiger partial charge is 0.233 e. The third-order valence-corrected chi connectivity index (χ3v) is 3.62. The Labute approximate surface area is 103 Å². The largest absolute Gasteiger partial charge is 0.359 e. The highest BCUT2D eigenvalue weighted by molar-refractivity contribution is 7.92. The second-order valence-electron chi connectivity index (χ2n) is 5.10. The van der Waals surface area contributed by atoms with E-state index in [4.69, 9.17) is 4.52 Å². The minimum absolute atomic E-state index is 0.112. The van der Waals surface area contributed by atoms with Crippen LogP contribution < -0.4 is 4.72 Å². The first kappa shape index (κ1) is 14.0. The predicted octanol–water partition coefficient (Wildman–Crippen LogP) is 2.51. The molecular formula is C11H20N2O3S. The Morgan fingerprint density at radius 1 is 1.41 bits per heavy atom. The van der Waals surface area contributed by atoms with Gasteiger partial charge in [-0.25, -0.2) is 8.42 Å². The van der Waals surface area contributed by atoms with Crippen LogP contribution in [0.1, 0.15) is 46.3 Å². The monoisotopic (exact) mass is 260 g/mol. The summed E-state index contributed by atoms with van der Waals surface area (Å²) in [6.45, 7) is 7.87. The Bertz CT molecular complexity index is 457. The molecule has 0 aliphatic heterocycles. The molecule has 0 aliphatic carbocycles. The lowest BCUT2D eigenvalue weighted by Crippen LogP contribution is -2.16. The number of sulfonamides is 1. The molecule has 98 valence electrons. The van der Waals surface area contributed by atoms with Crippen LogP contribution in [0.2, 0.25) is 0 Å². The molecule has 0 aliphatic rings. The quantitative estimate of drug-likeness (QED) is 0.883. The number of rotatable bonds is 5. The highest BCUT2D eigenvalue weighted by atomic mass is 32.2. The van der Waals surface area contributed by atoms with E-state index in [2.05, 4.69) is 9.88 Å². The maximum Gasteiger partial charge on any atom is 0.233 e. The number of hydrogen-bond acceptors (Lipinski definition) is 4. The van der Waals surface area contributed by atoms with Gasteiger partial charge in [0.2, 0.25) is 10.0 Å². The fourth-order valence-corrected chi connectivity index (χ4v) is 2.41. The minimum Gasteiger partial charge on any atom is -0.359 e. The van der Waals surface area contributed by atoms with Gasteiger partial charge in [-0.1, -0.05) is 39.3 Å². The molecule has 0 aromatic carbocycles. The van der Waals surface area contributed by atoms with Crippen LogP contribution in [-0.2, 0) is 15.4 Å². The number of unbranched alkanes of at least 4 members (excludes halogenated alkanes) is 1. The third-order valence-electron chi connectivity index (χ3n) is 2.28. The van der Waals surface area contributed by atoms with Crippen LogP contribution in [0.25, 0.3) is 0 Å². The SMILES string of the molecule is CCCCS(=O)(=O)Nc1cc(C(C)(C)C)on1.